The smallest absolute Gasteiger partial charge is 0.124 e. The van der Waals surface area contributed by atoms with Crippen LogP contribution in [0.4, 0.5) is 0 Å². The quantitative estimate of drug-likeness (QED) is 0.340. The van der Waals surface area contributed by atoms with Crippen molar-refractivity contribution in [2.75, 3.05) is 0 Å². The second-order valence-electron chi connectivity index (χ2n) is 7.45. The van der Waals surface area contributed by atoms with E-state index in [-0.39, 0.29) is 5.75 Å². The Bertz CT molecular complexity index is 1310. The number of phenols is 1. The molecule has 0 amide bonds. The molecule has 0 saturated carbocycles. The Labute approximate surface area is 182 Å². The first-order valence-electron chi connectivity index (χ1n) is 10.3. The highest BCUT2D eigenvalue weighted by atomic mass is 16.3. The van der Waals surface area contributed by atoms with Crippen molar-refractivity contribution in [3.05, 3.63) is 121 Å². The molecule has 0 aliphatic carbocycles. The van der Waals surface area contributed by atoms with Crippen LogP contribution in [0.25, 0.3) is 44.8 Å². The van der Waals surface area contributed by atoms with Crippen LogP contribution in [-0.2, 0) is 0 Å². The van der Waals surface area contributed by atoms with Gasteiger partial charge in [0.05, 0.1) is 11.4 Å². The lowest BCUT2D eigenvalue weighted by molar-refractivity contribution is 0.477. The minimum atomic E-state index is 0.227. The van der Waals surface area contributed by atoms with E-state index in [0.717, 1.165) is 33.6 Å². The minimum absolute atomic E-state index is 0.227. The van der Waals surface area contributed by atoms with Crippen molar-refractivity contribution in [3.63, 3.8) is 0 Å². The molecule has 148 valence electrons. The predicted octanol–water partition coefficient (Wildman–Crippen LogP) is 7.46. The highest BCUT2D eigenvalue weighted by molar-refractivity contribution is 5.79. The van der Waals surface area contributed by atoms with Gasteiger partial charge in [0, 0.05) is 11.1 Å². The maximum Gasteiger partial charge on any atom is 0.124 e. The van der Waals surface area contributed by atoms with Gasteiger partial charge in [-0.2, -0.15) is 0 Å². The average Bonchev–Trinajstić information content (AvgIpc) is 2.85. The van der Waals surface area contributed by atoms with Gasteiger partial charge in [0.25, 0.3) is 0 Å². The summed E-state index contributed by atoms with van der Waals surface area (Å²) >= 11 is 0. The zero-order valence-electron chi connectivity index (χ0n) is 16.9. The molecule has 0 unspecified atom stereocenters. The largest absolute Gasteiger partial charge is 0.507 e. The van der Waals surface area contributed by atoms with Crippen molar-refractivity contribution < 1.29 is 5.11 Å². The van der Waals surface area contributed by atoms with E-state index in [4.69, 9.17) is 4.98 Å². The molecular weight excluding hydrogens is 378 g/mol. The lowest BCUT2D eigenvalue weighted by atomic mass is 9.98. The molecule has 2 nitrogen and oxygen atoms in total. The molecule has 0 saturated heterocycles. The van der Waals surface area contributed by atoms with Crippen LogP contribution in [0.3, 0.4) is 0 Å². The predicted molar refractivity (Wildman–Crippen MR) is 128 cm³/mol. The summed E-state index contributed by atoms with van der Waals surface area (Å²) in [4.78, 5) is 4.90. The SMILES string of the molecule is Oc1ccccc1-c1cc(-c2ccccc2)cc(-c2ccc(-c3ccccc3)cc2)n1. The monoisotopic (exact) mass is 399 g/mol. The minimum Gasteiger partial charge on any atom is -0.507 e. The molecule has 1 heterocycles. The van der Waals surface area contributed by atoms with Gasteiger partial charge in [-0.25, -0.2) is 4.98 Å². The summed E-state index contributed by atoms with van der Waals surface area (Å²) in [5, 5.41) is 10.4. The Hall–Kier alpha value is -4.17. The number of aromatic nitrogens is 1. The van der Waals surface area contributed by atoms with Crippen LogP contribution in [-0.4, -0.2) is 10.1 Å². The topological polar surface area (TPSA) is 33.1 Å². The summed E-state index contributed by atoms with van der Waals surface area (Å²) in [6.07, 6.45) is 0. The fourth-order valence-electron chi connectivity index (χ4n) is 3.77. The molecule has 1 aromatic heterocycles. The second kappa shape index (κ2) is 8.29. The molecule has 31 heavy (non-hydrogen) atoms. The summed E-state index contributed by atoms with van der Waals surface area (Å²) in [6, 6.07) is 40.5. The molecule has 0 aliphatic heterocycles. The first-order valence-corrected chi connectivity index (χ1v) is 10.3. The summed E-state index contributed by atoms with van der Waals surface area (Å²) in [7, 11) is 0. The van der Waals surface area contributed by atoms with Crippen LogP contribution in [0, 0.1) is 0 Å². The molecule has 0 bridgehead atoms. The van der Waals surface area contributed by atoms with Crippen LogP contribution in [0.5, 0.6) is 5.75 Å². The second-order valence-corrected chi connectivity index (χ2v) is 7.45. The number of benzene rings is 4. The van der Waals surface area contributed by atoms with Gasteiger partial charge >= 0.3 is 0 Å². The number of rotatable bonds is 4. The standard InChI is InChI=1S/C29H21NO/c31-29-14-8-7-13-26(29)28-20-25(22-11-5-2-6-12-22)19-27(30-28)24-17-15-23(16-18-24)21-9-3-1-4-10-21/h1-20,31H. The Kier molecular flexibility index (Phi) is 5.04. The number of phenolic OH excluding ortho intramolecular Hbond substituents is 1. The van der Waals surface area contributed by atoms with Gasteiger partial charge in [0.15, 0.2) is 0 Å². The third-order valence-electron chi connectivity index (χ3n) is 5.40. The van der Waals surface area contributed by atoms with E-state index in [1.54, 1.807) is 6.07 Å². The lowest BCUT2D eigenvalue weighted by Gasteiger charge is -2.11. The van der Waals surface area contributed by atoms with Crippen LogP contribution < -0.4 is 0 Å². The van der Waals surface area contributed by atoms with Crippen molar-refractivity contribution in [2.24, 2.45) is 0 Å². The Balaban J connectivity index is 1.63. The van der Waals surface area contributed by atoms with Crippen molar-refractivity contribution in [3.8, 4) is 50.5 Å². The lowest BCUT2D eigenvalue weighted by Crippen LogP contribution is -1.91. The molecule has 0 aliphatic rings. The Morgan fingerprint density at radius 2 is 0.903 bits per heavy atom. The van der Waals surface area contributed by atoms with Gasteiger partial charge in [-0.3, -0.25) is 0 Å². The van der Waals surface area contributed by atoms with E-state index in [9.17, 15) is 5.11 Å². The Morgan fingerprint density at radius 3 is 1.55 bits per heavy atom. The number of nitrogens with zero attached hydrogens (tertiary/aromatic N) is 1. The number of para-hydroxylation sites is 1. The van der Waals surface area contributed by atoms with Crippen LogP contribution in [0.2, 0.25) is 0 Å². The van der Waals surface area contributed by atoms with E-state index in [1.807, 2.05) is 60.7 Å². The first-order chi connectivity index (χ1) is 15.3. The zero-order chi connectivity index (χ0) is 21.0. The molecule has 0 spiro atoms. The number of pyridine rings is 1. The third-order valence-corrected chi connectivity index (χ3v) is 5.40. The van der Waals surface area contributed by atoms with E-state index in [1.165, 1.54) is 11.1 Å². The van der Waals surface area contributed by atoms with E-state index in [2.05, 4.69) is 54.6 Å². The highest BCUT2D eigenvalue weighted by Crippen LogP contribution is 2.34. The molecule has 5 rings (SSSR count). The van der Waals surface area contributed by atoms with Gasteiger partial charge in [-0.15, -0.1) is 0 Å². The number of hydrogen-bond donors (Lipinski definition) is 1. The van der Waals surface area contributed by atoms with Crippen molar-refractivity contribution >= 4 is 0 Å². The molecule has 2 heteroatoms. The van der Waals surface area contributed by atoms with Gasteiger partial charge in [0.2, 0.25) is 0 Å². The summed E-state index contributed by atoms with van der Waals surface area (Å²) < 4.78 is 0. The van der Waals surface area contributed by atoms with Gasteiger partial charge in [-0.05, 0) is 46.5 Å². The summed E-state index contributed by atoms with van der Waals surface area (Å²) in [5.41, 5.74) is 7.93. The maximum absolute atomic E-state index is 10.4. The fraction of sp³-hybridized carbons (Fsp3) is 0. The van der Waals surface area contributed by atoms with Crippen molar-refractivity contribution in [1.29, 1.82) is 0 Å². The summed E-state index contributed by atoms with van der Waals surface area (Å²) in [6.45, 7) is 0. The van der Waals surface area contributed by atoms with Crippen LogP contribution in [0.1, 0.15) is 0 Å². The van der Waals surface area contributed by atoms with E-state index < -0.39 is 0 Å². The zero-order valence-corrected chi connectivity index (χ0v) is 16.9. The molecular formula is C29H21NO. The van der Waals surface area contributed by atoms with Gasteiger partial charge < -0.3 is 5.11 Å². The molecule has 5 aromatic rings. The van der Waals surface area contributed by atoms with Crippen LogP contribution in [0.15, 0.2) is 121 Å². The van der Waals surface area contributed by atoms with Crippen molar-refractivity contribution in [2.45, 2.75) is 0 Å². The Morgan fingerprint density at radius 1 is 0.419 bits per heavy atom. The average molecular weight is 399 g/mol. The molecule has 1 N–H and O–H groups in total. The van der Waals surface area contributed by atoms with E-state index >= 15 is 0 Å². The van der Waals surface area contributed by atoms with Gasteiger partial charge in [-0.1, -0.05) is 97.1 Å². The van der Waals surface area contributed by atoms with Gasteiger partial charge in [0.1, 0.15) is 5.75 Å². The molecule has 0 atom stereocenters. The number of aromatic hydroxyl groups is 1. The van der Waals surface area contributed by atoms with Crippen LogP contribution >= 0.6 is 0 Å². The van der Waals surface area contributed by atoms with E-state index in [0.29, 0.717) is 0 Å². The fourth-order valence-corrected chi connectivity index (χ4v) is 3.77. The normalized spacial score (nSPS) is 10.7. The molecule has 0 fully saturated rings. The molecule has 4 aromatic carbocycles. The maximum atomic E-state index is 10.4. The first kappa shape index (κ1) is 18.8. The number of hydrogen-bond acceptors (Lipinski definition) is 2. The van der Waals surface area contributed by atoms with Crippen molar-refractivity contribution in [1.82, 2.24) is 4.98 Å². The third kappa shape index (κ3) is 3.96. The summed E-state index contributed by atoms with van der Waals surface area (Å²) in [5.74, 6) is 0.227. The molecule has 0 radical (unpaired) electrons. The highest BCUT2D eigenvalue weighted by Gasteiger charge is 2.11.